The van der Waals surface area contributed by atoms with E-state index in [-0.39, 0.29) is 0 Å². The maximum Gasteiger partial charge on any atom is 0.407 e. The van der Waals surface area contributed by atoms with E-state index in [0.29, 0.717) is 6.42 Å². The average Bonchev–Trinajstić information content (AvgIpc) is 2.19. The van der Waals surface area contributed by atoms with Gasteiger partial charge in [0.2, 0.25) is 0 Å². The van der Waals surface area contributed by atoms with Crippen LogP contribution in [0, 0.1) is 6.54 Å². The van der Waals surface area contributed by atoms with E-state index in [4.69, 9.17) is 0 Å². The van der Waals surface area contributed by atoms with Gasteiger partial charge in [0.05, 0.1) is 13.7 Å². The van der Waals surface area contributed by atoms with Crippen molar-refractivity contribution in [2.45, 2.75) is 6.42 Å². The standard InChI is InChI=1S/C10H12NO2/c1-13-10(12)11-8-7-9-5-3-2-4-6-9/h2-6,8H,7H2,1H3,(H,11,12). The SMILES string of the molecule is COC(=O)N[CH]Cc1ccccc1. The summed E-state index contributed by atoms with van der Waals surface area (Å²) in [7, 11) is 1.34. The highest BCUT2D eigenvalue weighted by Gasteiger charge is 1.97. The molecule has 0 spiro atoms. The van der Waals surface area contributed by atoms with E-state index in [2.05, 4.69) is 10.1 Å². The minimum absolute atomic E-state index is 0.434. The summed E-state index contributed by atoms with van der Waals surface area (Å²) in [6.45, 7) is 1.67. The Balaban J connectivity index is 2.24. The van der Waals surface area contributed by atoms with E-state index in [1.54, 1.807) is 6.54 Å². The van der Waals surface area contributed by atoms with Gasteiger partial charge in [-0.3, -0.25) is 0 Å². The van der Waals surface area contributed by atoms with Gasteiger partial charge in [-0.1, -0.05) is 30.3 Å². The molecule has 0 aromatic heterocycles. The number of hydrogen-bond donors (Lipinski definition) is 1. The first-order valence-electron chi connectivity index (χ1n) is 4.03. The summed E-state index contributed by atoms with van der Waals surface area (Å²) >= 11 is 0. The Morgan fingerprint density at radius 3 is 2.77 bits per heavy atom. The first-order chi connectivity index (χ1) is 6.33. The van der Waals surface area contributed by atoms with E-state index in [1.165, 1.54) is 7.11 Å². The van der Waals surface area contributed by atoms with Gasteiger partial charge in [0, 0.05) is 0 Å². The van der Waals surface area contributed by atoms with Crippen molar-refractivity contribution in [1.29, 1.82) is 0 Å². The summed E-state index contributed by atoms with van der Waals surface area (Å²) in [5.74, 6) is 0. The molecule has 0 aliphatic heterocycles. The summed E-state index contributed by atoms with van der Waals surface area (Å²) in [6.07, 6.45) is 0.270. The van der Waals surface area contributed by atoms with Gasteiger partial charge in [0.1, 0.15) is 0 Å². The van der Waals surface area contributed by atoms with E-state index >= 15 is 0 Å². The molecule has 3 nitrogen and oxygen atoms in total. The van der Waals surface area contributed by atoms with Crippen molar-refractivity contribution >= 4 is 6.09 Å². The number of alkyl carbamates (subject to hydrolysis) is 1. The smallest absolute Gasteiger partial charge is 0.407 e. The molecule has 0 saturated carbocycles. The number of hydrogen-bond acceptors (Lipinski definition) is 2. The van der Waals surface area contributed by atoms with Crippen LogP contribution in [0.1, 0.15) is 5.56 Å². The lowest BCUT2D eigenvalue weighted by Crippen LogP contribution is -2.20. The first kappa shape index (κ1) is 9.58. The minimum Gasteiger partial charge on any atom is -0.453 e. The van der Waals surface area contributed by atoms with Crippen LogP contribution in [0.3, 0.4) is 0 Å². The molecule has 0 bridgehead atoms. The number of methoxy groups -OCH3 is 1. The van der Waals surface area contributed by atoms with Crippen molar-refractivity contribution in [3.63, 3.8) is 0 Å². The Morgan fingerprint density at radius 2 is 2.15 bits per heavy atom. The summed E-state index contributed by atoms with van der Waals surface area (Å²) in [5, 5.41) is 2.49. The molecular weight excluding hydrogens is 166 g/mol. The Labute approximate surface area is 77.7 Å². The topological polar surface area (TPSA) is 38.3 Å². The van der Waals surface area contributed by atoms with Gasteiger partial charge in [-0.05, 0) is 12.0 Å². The summed E-state index contributed by atoms with van der Waals surface area (Å²) in [4.78, 5) is 10.6. The lowest BCUT2D eigenvalue weighted by atomic mass is 10.1. The largest absolute Gasteiger partial charge is 0.453 e. The number of ether oxygens (including phenoxy) is 1. The fourth-order valence-corrected chi connectivity index (χ4v) is 0.925. The van der Waals surface area contributed by atoms with Crippen molar-refractivity contribution in [3.8, 4) is 0 Å². The van der Waals surface area contributed by atoms with E-state index in [0.717, 1.165) is 5.56 Å². The van der Waals surface area contributed by atoms with Crippen molar-refractivity contribution < 1.29 is 9.53 Å². The molecule has 0 atom stereocenters. The fourth-order valence-electron chi connectivity index (χ4n) is 0.925. The predicted molar refractivity (Wildman–Crippen MR) is 50.0 cm³/mol. The van der Waals surface area contributed by atoms with Crippen LogP contribution in [0.5, 0.6) is 0 Å². The lowest BCUT2D eigenvalue weighted by Gasteiger charge is -2.02. The second-order valence-corrected chi connectivity index (χ2v) is 2.53. The Kier molecular flexibility index (Phi) is 3.82. The molecule has 0 saturated heterocycles. The molecule has 1 amide bonds. The van der Waals surface area contributed by atoms with Gasteiger partial charge in [-0.15, -0.1) is 0 Å². The maximum atomic E-state index is 10.6. The van der Waals surface area contributed by atoms with Crippen LogP contribution in [0.2, 0.25) is 0 Å². The number of carbonyl (C=O) groups excluding carboxylic acids is 1. The van der Waals surface area contributed by atoms with Crippen molar-refractivity contribution in [3.05, 3.63) is 42.4 Å². The summed E-state index contributed by atoms with van der Waals surface area (Å²) in [5.41, 5.74) is 1.15. The highest BCUT2D eigenvalue weighted by molar-refractivity contribution is 5.67. The Hall–Kier alpha value is -1.51. The fraction of sp³-hybridized carbons (Fsp3) is 0.200. The van der Waals surface area contributed by atoms with Crippen LogP contribution < -0.4 is 5.32 Å². The zero-order valence-electron chi connectivity index (χ0n) is 7.49. The van der Waals surface area contributed by atoms with E-state index in [1.807, 2.05) is 30.3 Å². The highest BCUT2D eigenvalue weighted by Crippen LogP contribution is 1.99. The summed E-state index contributed by atoms with van der Waals surface area (Å²) in [6, 6.07) is 9.87. The third-order valence-electron chi connectivity index (χ3n) is 1.59. The number of carbonyl (C=O) groups is 1. The number of rotatable bonds is 3. The Bertz CT molecular complexity index is 259. The van der Waals surface area contributed by atoms with Gasteiger partial charge in [-0.2, -0.15) is 0 Å². The molecular formula is C10H12NO2. The van der Waals surface area contributed by atoms with Crippen LogP contribution in [0.15, 0.2) is 30.3 Å². The maximum absolute atomic E-state index is 10.6. The molecule has 13 heavy (non-hydrogen) atoms. The quantitative estimate of drug-likeness (QED) is 0.765. The molecule has 1 aromatic rings. The van der Waals surface area contributed by atoms with Crippen molar-refractivity contribution in [2.24, 2.45) is 0 Å². The van der Waals surface area contributed by atoms with Crippen LogP contribution in [-0.2, 0) is 11.2 Å². The molecule has 1 aromatic carbocycles. The van der Waals surface area contributed by atoms with Crippen molar-refractivity contribution in [1.82, 2.24) is 5.32 Å². The molecule has 1 rings (SSSR count). The van der Waals surface area contributed by atoms with E-state index < -0.39 is 6.09 Å². The van der Waals surface area contributed by atoms with Crippen molar-refractivity contribution in [2.75, 3.05) is 7.11 Å². The van der Waals surface area contributed by atoms with Crippen LogP contribution >= 0.6 is 0 Å². The monoisotopic (exact) mass is 178 g/mol. The lowest BCUT2D eigenvalue weighted by molar-refractivity contribution is 0.173. The van der Waals surface area contributed by atoms with E-state index in [9.17, 15) is 4.79 Å². The molecule has 69 valence electrons. The molecule has 1 radical (unpaired) electrons. The number of nitrogens with one attached hydrogen (secondary N) is 1. The number of amides is 1. The third kappa shape index (κ3) is 3.60. The van der Waals surface area contributed by atoms with Gasteiger partial charge in [0.25, 0.3) is 0 Å². The second kappa shape index (κ2) is 5.19. The molecule has 0 heterocycles. The van der Waals surface area contributed by atoms with Gasteiger partial charge < -0.3 is 10.1 Å². The normalized spacial score (nSPS) is 9.31. The highest BCUT2D eigenvalue weighted by atomic mass is 16.5. The van der Waals surface area contributed by atoms with Gasteiger partial charge in [-0.25, -0.2) is 4.79 Å². The first-order valence-corrected chi connectivity index (χ1v) is 4.03. The molecule has 3 heteroatoms. The average molecular weight is 178 g/mol. The zero-order chi connectivity index (χ0) is 9.52. The Morgan fingerprint density at radius 1 is 1.46 bits per heavy atom. The number of benzene rings is 1. The zero-order valence-corrected chi connectivity index (χ0v) is 7.49. The van der Waals surface area contributed by atoms with Crippen LogP contribution in [0.25, 0.3) is 0 Å². The van der Waals surface area contributed by atoms with Gasteiger partial charge in [0.15, 0.2) is 0 Å². The predicted octanol–water partition coefficient (Wildman–Crippen LogP) is 1.75. The molecule has 0 unspecified atom stereocenters. The molecule has 0 aliphatic carbocycles. The van der Waals surface area contributed by atoms with Crippen LogP contribution in [-0.4, -0.2) is 13.2 Å². The molecule has 0 fully saturated rings. The molecule has 1 N–H and O–H groups in total. The third-order valence-corrected chi connectivity index (χ3v) is 1.59. The minimum atomic E-state index is -0.434. The van der Waals surface area contributed by atoms with Crippen LogP contribution in [0.4, 0.5) is 4.79 Å². The van der Waals surface area contributed by atoms with Gasteiger partial charge >= 0.3 is 6.09 Å². The second-order valence-electron chi connectivity index (χ2n) is 2.53. The molecule has 0 aliphatic rings. The summed E-state index contributed by atoms with van der Waals surface area (Å²) < 4.78 is 4.41.